The summed E-state index contributed by atoms with van der Waals surface area (Å²) >= 11 is 0. The molecule has 1 aromatic heterocycles. The van der Waals surface area contributed by atoms with Gasteiger partial charge in [-0.1, -0.05) is 19.8 Å². The first-order valence-corrected chi connectivity index (χ1v) is 6.61. The molecule has 1 aliphatic rings. The van der Waals surface area contributed by atoms with Crippen molar-refractivity contribution in [3.63, 3.8) is 0 Å². The molecule has 1 aliphatic carbocycles. The average Bonchev–Trinajstić information content (AvgIpc) is 2.30. The number of pyridine rings is 1. The fraction of sp³-hybridized carbons (Fsp3) is 0.643. The molecule has 17 heavy (non-hydrogen) atoms. The summed E-state index contributed by atoms with van der Waals surface area (Å²) < 4.78 is 0. The molecule has 0 radical (unpaired) electrons. The van der Waals surface area contributed by atoms with Crippen LogP contribution in [0.15, 0.2) is 12.3 Å². The van der Waals surface area contributed by atoms with Crippen LogP contribution in [-0.4, -0.2) is 11.5 Å². The van der Waals surface area contributed by atoms with Gasteiger partial charge in [0.05, 0.1) is 5.69 Å². The maximum Gasteiger partial charge on any atom is 0.149 e. The summed E-state index contributed by atoms with van der Waals surface area (Å²) in [4.78, 5) is 4.34. The van der Waals surface area contributed by atoms with Crippen molar-refractivity contribution in [2.24, 2.45) is 11.8 Å². The molecule has 0 amide bonds. The normalized spacial score (nSPS) is 24.6. The Morgan fingerprint density at radius 1 is 1.35 bits per heavy atom. The summed E-state index contributed by atoms with van der Waals surface area (Å²) in [6.45, 7) is 5.37. The minimum atomic E-state index is 0.758. The molecule has 1 fully saturated rings. The van der Waals surface area contributed by atoms with Crippen LogP contribution in [-0.2, 0) is 0 Å². The molecule has 1 heterocycles. The third-order valence-corrected chi connectivity index (χ3v) is 3.75. The molecule has 0 unspecified atom stereocenters. The first-order chi connectivity index (χ1) is 8.15. The maximum atomic E-state index is 5.93. The second-order valence-corrected chi connectivity index (χ2v) is 5.46. The summed E-state index contributed by atoms with van der Waals surface area (Å²) in [5, 5.41) is 3.39. The molecule has 1 saturated carbocycles. The Labute approximate surface area is 104 Å². The van der Waals surface area contributed by atoms with Crippen molar-refractivity contribution in [1.29, 1.82) is 0 Å². The first kappa shape index (κ1) is 12.2. The van der Waals surface area contributed by atoms with Crippen LogP contribution >= 0.6 is 0 Å². The van der Waals surface area contributed by atoms with E-state index >= 15 is 0 Å². The van der Waals surface area contributed by atoms with Crippen molar-refractivity contribution in [3.05, 3.63) is 17.8 Å². The van der Waals surface area contributed by atoms with Crippen LogP contribution in [0.25, 0.3) is 0 Å². The van der Waals surface area contributed by atoms with Gasteiger partial charge in [-0.25, -0.2) is 4.98 Å². The quantitative estimate of drug-likeness (QED) is 0.843. The van der Waals surface area contributed by atoms with E-state index in [1.54, 1.807) is 0 Å². The number of anilines is 2. The molecule has 2 rings (SSSR count). The highest BCUT2D eigenvalue weighted by molar-refractivity contribution is 5.61. The predicted molar refractivity (Wildman–Crippen MR) is 73.0 cm³/mol. The fourth-order valence-electron chi connectivity index (χ4n) is 2.51. The number of hydrogen-bond acceptors (Lipinski definition) is 3. The lowest BCUT2D eigenvalue weighted by Crippen LogP contribution is -2.21. The smallest absolute Gasteiger partial charge is 0.149 e. The highest BCUT2D eigenvalue weighted by Gasteiger charge is 2.18. The second kappa shape index (κ2) is 5.39. The molecule has 3 heteroatoms. The number of aromatic nitrogens is 1. The zero-order valence-electron chi connectivity index (χ0n) is 10.9. The molecule has 3 nitrogen and oxygen atoms in total. The van der Waals surface area contributed by atoms with Crippen molar-refractivity contribution >= 4 is 11.5 Å². The lowest BCUT2D eigenvalue weighted by atomic mass is 9.83. The minimum Gasteiger partial charge on any atom is -0.396 e. The maximum absolute atomic E-state index is 5.93. The number of nitrogens with zero attached hydrogens (tertiary/aromatic N) is 1. The van der Waals surface area contributed by atoms with Gasteiger partial charge in [0.25, 0.3) is 0 Å². The van der Waals surface area contributed by atoms with Crippen LogP contribution in [0.1, 0.15) is 38.2 Å². The summed E-state index contributed by atoms with van der Waals surface area (Å²) in [5.41, 5.74) is 7.80. The van der Waals surface area contributed by atoms with Gasteiger partial charge in [0.15, 0.2) is 0 Å². The summed E-state index contributed by atoms with van der Waals surface area (Å²) in [5.74, 6) is 2.54. The third-order valence-electron chi connectivity index (χ3n) is 3.75. The largest absolute Gasteiger partial charge is 0.396 e. The van der Waals surface area contributed by atoms with Crippen LogP contribution in [0, 0.1) is 18.8 Å². The Morgan fingerprint density at radius 2 is 2.06 bits per heavy atom. The Balaban J connectivity index is 1.85. The predicted octanol–water partition coefficient (Wildman–Crippen LogP) is 3.21. The number of nitrogen functional groups attached to an aromatic ring is 1. The Hall–Kier alpha value is -1.25. The standard InChI is InChI=1S/C14H23N3/c1-10-3-5-12(6-4-10)9-17-14-13(15)7-11(2)8-16-14/h7-8,10,12H,3-6,9,15H2,1-2H3,(H,16,17). The SMILES string of the molecule is Cc1cnc(NCC2CCC(C)CC2)c(N)c1. The highest BCUT2D eigenvalue weighted by atomic mass is 15.0. The van der Waals surface area contributed by atoms with Gasteiger partial charge in [-0.3, -0.25) is 0 Å². The van der Waals surface area contributed by atoms with Crippen molar-refractivity contribution < 1.29 is 0 Å². The molecular formula is C14H23N3. The molecule has 94 valence electrons. The van der Waals surface area contributed by atoms with Crippen molar-refractivity contribution in [1.82, 2.24) is 4.98 Å². The zero-order valence-corrected chi connectivity index (χ0v) is 10.9. The van der Waals surface area contributed by atoms with Crippen LogP contribution in [0.4, 0.5) is 11.5 Å². The fourth-order valence-corrected chi connectivity index (χ4v) is 2.51. The van der Waals surface area contributed by atoms with E-state index < -0.39 is 0 Å². The van der Waals surface area contributed by atoms with E-state index in [9.17, 15) is 0 Å². The van der Waals surface area contributed by atoms with Crippen LogP contribution in [0.2, 0.25) is 0 Å². The molecule has 3 N–H and O–H groups in total. The minimum absolute atomic E-state index is 0.758. The van der Waals surface area contributed by atoms with Crippen molar-refractivity contribution in [2.75, 3.05) is 17.6 Å². The van der Waals surface area contributed by atoms with Gasteiger partial charge < -0.3 is 11.1 Å². The molecule has 0 aliphatic heterocycles. The average molecular weight is 233 g/mol. The van der Waals surface area contributed by atoms with Gasteiger partial charge in [0.2, 0.25) is 0 Å². The van der Waals surface area contributed by atoms with Crippen molar-refractivity contribution in [2.45, 2.75) is 39.5 Å². The first-order valence-electron chi connectivity index (χ1n) is 6.61. The summed E-state index contributed by atoms with van der Waals surface area (Å²) in [6.07, 6.45) is 7.26. The van der Waals surface area contributed by atoms with E-state index in [1.165, 1.54) is 25.7 Å². The number of rotatable bonds is 3. The van der Waals surface area contributed by atoms with Crippen LogP contribution in [0.5, 0.6) is 0 Å². The van der Waals surface area contributed by atoms with Gasteiger partial charge in [-0.15, -0.1) is 0 Å². The van der Waals surface area contributed by atoms with E-state index in [0.29, 0.717) is 0 Å². The lowest BCUT2D eigenvalue weighted by molar-refractivity contribution is 0.300. The third kappa shape index (κ3) is 3.35. The van der Waals surface area contributed by atoms with Crippen molar-refractivity contribution in [3.8, 4) is 0 Å². The second-order valence-electron chi connectivity index (χ2n) is 5.46. The molecule has 0 bridgehead atoms. The van der Waals surface area contributed by atoms with E-state index in [0.717, 1.165) is 35.4 Å². The molecule has 0 spiro atoms. The topological polar surface area (TPSA) is 50.9 Å². The van der Waals surface area contributed by atoms with Gasteiger partial charge in [0, 0.05) is 12.7 Å². The zero-order chi connectivity index (χ0) is 12.3. The number of nitrogens with one attached hydrogen (secondary N) is 1. The summed E-state index contributed by atoms with van der Waals surface area (Å²) in [6, 6.07) is 1.97. The number of aryl methyl sites for hydroxylation is 1. The Bertz CT molecular complexity index is 368. The molecule has 0 aromatic carbocycles. The highest BCUT2D eigenvalue weighted by Crippen LogP contribution is 2.28. The van der Waals surface area contributed by atoms with Gasteiger partial charge in [-0.2, -0.15) is 0 Å². The van der Waals surface area contributed by atoms with E-state index in [-0.39, 0.29) is 0 Å². The Kier molecular flexibility index (Phi) is 3.87. The number of nitrogens with two attached hydrogens (primary N) is 1. The molecular weight excluding hydrogens is 210 g/mol. The van der Waals surface area contributed by atoms with E-state index in [2.05, 4.69) is 17.2 Å². The number of hydrogen-bond donors (Lipinski definition) is 2. The Morgan fingerprint density at radius 3 is 2.71 bits per heavy atom. The van der Waals surface area contributed by atoms with Gasteiger partial charge in [-0.05, 0) is 43.2 Å². The lowest BCUT2D eigenvalue weighted by Gasteiger charge is -2.26. The summed E-state index contributed by atoms with van der Waals surface area (Å²) in [7, 11) is 0. The monoisotopic (exact) mass is 233 g/mol. The van der Waals surface area contributed by atoms with Gasteiger partial charge >= 0.3 is 0 Å². The van der Waals surface area contributed by atoms with E-state index in [1.807, 2.05) is 19.2 Å². The van der Waals surface area contributed by atoms with Crippen LogP contribution < -0.4 is 11.1 Å². The van der Waals surface area contributed by atoms with E-state index in [4.69, 9.17) is 5.73 Å². The molecule has 1 aromatic rings. The molecule has 0 saturated heterocycles. The van der Waals surface area contributed by atoms with Gasteiger partial charge in [0.1, 0.15) is 5.82 Å². The molecule has 0 atom stereocenters. The van der Waals surface area contributed by atoms with Crippen LogP contribution in [0.3, 0.4) is 0 Å².